The number of alkyl halides is 2. The van der Waals surface area contributed by atoms with Crippen molar-refractivity contribution in [1.29, 1.82) is 0 Å². The second-order valence-electron chi connectivity index (χ2n) is 6.40. The van der Waals surface area contributed by atoms with Gasteiger partial charge in [0.05, 0.1) is 16.6 Å². The van der Waals surface area contributed by atoms with Gasteiger partial charge in [-0.3, -0.25) is 4.79 Å². The lowest BCUT2D eigenvalue weighted by Gasteiger charge is -2.14. The van der Waals surface area contributed by atoms with Crippen LogP contribution in [0.3, 0.4) is 0 Å². The van der Waals surface area contributed by atoms with Gasteiger partial charge >= 0.3 is 6.61 Å². The number of hydrogen-bond acceptors (Lipinski definition) is 4. The van der Waals surface area contributed by atoms with E-state index in [0.717, 1.165) is 17.0 Å². The standard InChI is InChI=1S/C21H21F2N3O2S/c1-13-17(12-15-8-4-3-5-9-15)26-21(24-13)29-14(2)19(27)25-16-10-6-7-11-18(16)28-20(22)23/h3-11,14,20H,12H2,1-2H3,(H,24,26)(H,25,27). The Labute approximate surface area is 171 Å². The summed E-state index contributed by atoms with van der Waals surface area (Å²) >= 11 is 1.27. The third kappa shape index (κ3) is 5.80. The van der Waals surface area contributed by atoms with Gasteiger partial charge in [-0.15, -0.1) is 0 Å². The average molecular weight is 417 g/mol. The number of aryl methyl sites for hydroxylation is 1. The van der Waals surface area contributed by atoms with Crippen LogP contribution >= 0.6 is 11.8 Å². The van der Waals surface area contributed by atoms with Crippen LogP contribution in [0.4, 0.5) is 14.5 Å². The number of anilines is 1. The number of H-pyrrole nitrogens is 1. The normalized spacial score (nSPS) is 12.0. The van der Waals surface area contributed by atoms with Crippen molar-refractivity contribution in [3.8, 4) is 5.75 Å². The van der Waals surface area contributed by atoms with E-state index in [9.17, 15) is 13.6 Å². The van der Waals surface area contributed by atoms with E-state index in [-0.39, 0.29) is 17.3 Å². The molecule has 3 aromatic rings. The summed E-state index contributed by atoms with van der Waals surface area (Å²) in [6.07, 6.45) is 0.697. The summed E-state index contributed by atoms with van der Waals surface area (Å²) < 4.78 is 29.5. The van der Waals surface area contributed by atoms with E-state index in [1.165, 1.54) is 23.9 Å². The zero-order valence-electron chi connectivity index (χ0n) is 16.0. The second kappa shape index (κ2) is 9.56. The van der Waals surface area contributed by atoms with Crippen molar-refractivity contribution in [3.05, 3.63) is 71.5 Å². The Morgan fingerprint density at radius 3 is 2.59 bits per heavy atom. The molecule has 8 heteroatoms. The minimum absolute atomic E-state index is 0.0768. The third-order valence-electron chi connectivity index (χ3n) is 4.20. The van der Waals surface area contributed by atoms with Gasteiger partial charge < -0.3 is 15.0 Å². The van der Waals surface area contributed by atoms with Gasteiger partial charge in [0.15, 0.2) is 5.16 Å². The molecular formula is C21H21F2N3O2S. The van der Waals surface area contributed by atoms with Crippen LogP contribution in [0.15, 0.2) is 59.8 Å². The lowest BCUT2D eigenvalue weighted by Crippen LogP contribution is -2.23. The molecule has 5 nitrogen and oxygen atoms in total. The number of aromatic nitrogens is 2. The summed E-state index contributed by atoms with van der Waals surface area (Å²) in [7, 11) is 0. The molecule has 0 aliphatic carbocycles. The van der Waals surface area contributed by atoms with Gasteiger partial charge in [-0.1, -0.05) is 54.2 Å². The highest BCUT2D eigenvalue weighted by atomic mass is 32.2. The van der Waals surface area contributed by atoms with Crippen LogP contribution < -0.4 is 10.1 Å². The Balaban J connectivity index is 1.64. The number of para-hydroxylation sites is 2. The zero-order chi connectivity index (χ0) is 20.8. The Morgan fingerprint density at radius 1 is 1.17 bits per heavy atom. The number of ether oxygens (including phenoxy) is 1. The van der Waals surface area contributed by atoms with Gasteiger partial charge in [-0.25, -0.2) is 4.98 Å². The zero-order valence-corrected chi connectivity index (χ0v) is 16.8. The number of thioether (sulfide) groups is 1. The molecule has 29 heavy (non-hydrogen) atoms. The number of nitrogens with zero attached hydrogens (tertiary/aromatic N) is 1. The molecule has 2 N–H and O–H groups in total. The first-order valence-corrected chi connectivity index (χ1v) is 9.91. The predicted octanol–water partition coefficient (Wildman–Crippen LogP) is 5.03. The van der Waals surface area contributed by atoms with Gasteiger partial charge in [-0.2, -0.15) is 8.78 Å². The molecule has 1 heterocycles. The largest absolute Gasteiger partial charge is 0.433 e. The fourth-order valence-electron chi connectivity index (χ4n) is 2.71. The monoisotopic (exact) mass is 417 g/mol. The Hall–Kier alpha value is -2.87. The van der Waals surface area contributed by atoms with E-state index in [1.54, 1.807) is 19.1 Å². The number of benzene rings is 2. The van der Waals surface area contributed by atoms with Crippen LogP contribution in [0.5, 0.6) is 5.75 Å². The second-order valence-corrected chi connectivity index (χ2v) is 7.73. The van der Waals surface area contributed by atoms with Gasteiger partial charge in [0.2, 0.25) is 5.91 Å². The van der Waals surface area contributed by atoms with E-state index in [4.69, 9.17) is 0 Å². The number of carbonyl (C=O) groups is 1. The molecule has 152 valence electrons. The third-order valence-corrected chi connectivity index (χ3v) is 5.18. The molecule has 2 aromatic carbocycles. The molecule has 3 rings (SSSR count). The molecule has 0 aliphatic rings. The molecule has 1 atom stereocenters. The van der Waals surface area contributed by atoms with Crippen LogP contribution in [-0.4, -0.2) is 27.7 Å². The average Bonchev–Trinajstić information content (AvgIpc) is 3.02. The number of hydrogen-bond donors (Lipinski definition) is 2. The minimum Gasteiger partial charge on any atom is -0.433 e. The molecule has 0 spiro atoms. The maximum Gasteiger partial charge on any atom is 0.387 e. The number of aromatic amines is 1. The van der Waals surface area contributed by atoms with E-state index < -0.39 is 11.9 Å². The number of amides is 1. The fraction of sp³-hybridized carbons (Fsp3) is 0.238. The van der Waals surface area contributed by atoms with Gasteiger partial charge in [0.25, 0.3) is 0 Å². The topological polar surface area (TPSA) is 67.0 Å². The van der Waals surface area contributed by atoms with E-state index in [2.05, 4.69) is 20.0 Å². The van der Waals surface area contributed by atoms with Crippen molar-refractivity contribution in [1.82, 2.24) is 9.97 Å². The van der Waals surface area contributed by atoms with Crippen molar-refractivity contribution < 1.29 is 18.3 Å². The lowest BCUT2D eigenvalue weighted by molar-refractivity contribution is -0.115. The van der Waals surface area contributed by atoms with Crippen molar-refractivity contribution in [2.75, 3.05) is 5.32 Å². The molecule has 0 aliphatic heterocycles. The molecule has 1 amide bonds. The van der Waals surface area contributed by atoms with Crippen LogP contribution in [0.1, 0.15) is 23.9 Å². The highest BCUT2D eigenvalue weighted by Crippen LogP contribution is 2.28. The van der Waals surface area contributed by atoms with Crippen molar-refractivity contribution >= 4 is 23.4 Å². The van der Waals surface area contributed by atoms with E-state index >= 15 is 0 Å². The quantitative estimate of drug-likeness (QED) is 0.505. The van der Waals surface area contributed by atoms with Crippen LogP contribution in [0, 0.1) is 6.92 Å². The predicted molar refractivity (Wildman–Crippen MR) is 110 cm³/mol. The number of rotatable bonds is 8. The van der Waals surface area contributed by atoms with Crippen molar-refractivity contribution in [3.63, 3.8) is 0 Å². The number of carbonyl (C=O) groups excluding carboxylic acids is 1. The molecule has 0 radical (unpaired) electrons. The first-order valence-electron chi connectivity index (χ1n) is 9.03. The minimum atomic E-state index is -2.96. The van der Waals surface area contributed by atoms with Crippen molar-refractivity contribution in [2.45, 2.75) is 37.3 Å². The molecule has 1 aromatic heterocycles. The van der Waals surface area contributed by atoms with Crippen molar-refractivity contribution in [2.24, 2.45) is 0 Å². The maximum atomic E-state index is 12.5. The van der Waals surface area contributed by atoms with Gasteiger partial charge in [0.1, 0.15) is 5.75 Å². The smallest absolute Gasteiger partial charge is 0.387 e. The maximum absolute atomic E-state index is 12.5. The van der Waals surface area contributed by atoms with E-state index in [0.29, 0.717) is 11.6 Å². The SMILES string of the molecule is Cc1[nH]c(SC(C)C(=O)Nc2ccccc2OC(F)F)nc1Cc1ccccc1. The molecular weight excluding hydrogens is 396 g/mol. The van der Waals surface area contributed by atoms with Crippen LogP contribution in [0.2, 0.25) is 0 Å². The molecule has 1 unspecified atom stereocenters. The van der Waals surface area contributed by atoms with Gasteiger partial charge in [-0.05, 0) is 31.5 Å². The summed E-state index contributed by atoms with van der Waals surface area (Å²) in [5.41, 5.74) is 3.22. The van der Waals surface area contributed by atoms with Crippen LogP contribution in [0.25, 0.3) is 0 Å². The first kappa shape index (κ1) is 20.9. The number of halogens is 2. The highest BCUT2D eigenvalue weighted by molar-refractivity contribution is 8.00. The molecule has 0 saturated carbocycles. The van der Waals surface area contributed by atoms with E-state index in [1.807, 2.05) is 37.3 Å². The summed E-state index contributed by atoms with van der Waals surface area (Å²) in [5.74, 6) is -0.411. The Bertz CT molecular complexity index is 964. The lowest BCUT2D eigenvalue weighted by atomic mass is 10.1. The summed E-state index contributed by atoms with van der Waals surface area (Å²) in [6.45, 7) is 0.706. The number of imidazole rings is 1. The Morgan fingerprint density at radius 2 is 1.86 bits per heavy atom. The molecule has 0 fully saturated rings. The summed E-state index contributed by atoms with van der Waals surface area (Å²) in [4.78, 5) is 20.3. The summed E-state index contributed by atoms with van der Waals surface area (Å²) in [6, 6.07) is 16.1. The Kier molecular flexibility index (Phi) is 6.87. The highest BCUT2D eigenvalue weighted by Gasteiger charge is 2.19. The van der Waals surface area contributed by atoms with Gasteiger partial charge in [0, 0.05) is 12.1 Å². The molecule has 0 bridgehead atoms. The van der Waals surface area contributed by atoms with Crippen LogP contribution in [-0.2, 0) is 11.2 Å². The summed E-state index contributed by atoms with van der Waals surface area (Å²) in [5, 5.41) is 2.77. The molecule has 0 saturated heterocycles. The fourth-order valence-corrected chi connectivity index (χ4v) is 3.58. The first-order chi connectivity index (χ1) is 13.9. The number of nitrogens with one attached hydrogen (secondary N) is 2.